The Hall–Kier alpha value is -2.00. The lowest BCUT2D eigenvalue weighted by molar-refractivity contribution is 0.313. The topological polar surface area (TPSA) is 30.5 Å². The number of rotatable bonds is 7. The number of aryl methyl sites for hydroxylation is 1. The molecule has 0 aliphatic rings. The van der Waals surface area contributed by atoms with Crippen LogP contribution in [0.5, 0.6) is 11.5 Å². The third-order valence-corrected chi connectivity index (χ3v) is 3.03. The van der Waals surface area contributed by atoms with E-state index in [2.05, 4.69) is 30.4 Å². The monoisotopic (exact) mass is 271 g/mol. The van der Waals surface area contributed by atoms with Crippen molar-refractivity contribution in [2.24, 2.45) is 0 Å². The van der Waals surface area contributed by atoms with Crippen LogP contribution in [0.1, 0.15) is 11.1 Å². The fourth-order valence-corrected chi connectivity index (χ4v) is 1.92. The molecular formula is C17H21NO2. The second-order valence-electron chi connectivity index (χ2n) is 4.69. The zero-order chi connectivity index (χ0) is 14.2. The molecule has 0 aliphatic heterocycles. The van der Waals surface area contributed by atoms with Crippen LogP contribution in [0.15, 0.2) is 48.5 Å². The molecule has 2 aromatic carbocycles. The minimum Gasteiger partial charge on any atom is -0.497 e. The lowest BCUT2D eigenvalue weighted by Gasteiger charge is -2.08. The summed E-state index contributed by atoms with van der Waals surface area (Å²) in [5, 5.41) is 3.36. The summed E-state index contributed by atoms with van der Waals surface area (Å²) in [6.45, 7) is 4.38. The maximum absolute atomic E-state index is 5.68. The fraction of sp³-hybridized carbons (Fsp3) is 0.294. The Morgan fingerprint density at radius 2 is 1.80 bits per heavy atom. The molecule has 0 bridgehead atoms. The van der Waals surface area contributed by atoms with E-state index in [0.717, 1.165) is 24.6 Å². The minimum atomic E-state index is 0.666. The number of hydrogen-bond acceptors (Lipinski definition) is 3. The third-order valence-electron chi connectivity index (χ3n) is 3.03. The van der Waals surface area contributed by atoms with Crippen LogP contribution in [-0.2, 0) is 6.54 Å². The zero-order valence-electron chi connectivity index (χ0n) is 12.1. The lowest BCUT2D eigenvalue weighted by atomic mass is 10.2. The van der Waals surface area contributed by atoms with E-state index in [0.29, 0.717) is 6.61 Å². The normalized spacial score (nSPS) is 10.3. The average molecular weight is 271 g/mol. The molecule has 0 fully saturated rings. The minimum absolute atomic E-state index is 0.666. The standard InChI is InChI=1S/C17H21NO2/c1-14-4-3-5-17(12-14)20-11-10-18-13-15-6-8-16(19-2)9-7-15/h3-9,12,18H,10-11,13H2,1-2H3. The summed E-state index contributed by atoms with van der Waals surface area (Å²) in [5.74, 6) is 1.81. The van der Waals surface area contributed by atoms with Gasteiger partial charge in [0.2, 0.25) is 0 Å². The molecule has 0 saturated carbocycles. The summed E-state index contributed by atoms with van der Waals surface area (Å²) in [5.41, 5.74) is 2.45. The van der Waals surface area contributed by atoms with Crippen molar-refractivity contribution in [3.05, 3.63) is 59.7 Å². The van der Waals surface area contributed by atoms with Gasteiger partial charge in [-0.1, -0.05) is 24.3 Å². The highest BCUT2D eigenvalue weighted by Gasteiger charge is 1.96. The highest BCUT2D eigenvalue weighted by atomic mass is 16.5. The highest BCUT2D eigenvalue weighted by Crippen LogP contribution is 2.12. The van der Waals surface area contributed by atoms with Crippen molar-refractivity contribution in [3.8, 4) is 11.5 Å². The summed E-state index contributed by atoms with van der Waals surface area (Å²) in [4.78, 5) is 0. The van der Waals surface area contributed by atoms with Gasteiger partial charge in [0.05, 0.1) is 7.11 Å². The highest BCUT2D eigenvalue weighted by molar-refractivity contribution is 5.28. The van der Waals surface area contributed by atoms with Crippen molar-refractivity contribution in [1.29, 1.82) is 0 Å². The number of ether oxygens (including phenoxy) is 2. The summed E-state index contributed by atoms with van der Waals surface area (Å²) < 4.78 is 10.8. The van der Waals surface area contributed by atoms with E-state index in [9.17, 15) is 0 Å². The Bertz CT molecular complexity index is 523. The van der Waals surface area contributed by atoms with Gasteiger partial charge in [-0.05, 0) is 42.3 Å². The maximum atomic E-state index is 5.68. The number of hydrogen-bond donors (Lipinski definition) is 1. The van der Waals surface area contributed by atoms with Crippen LogP contribution in [0.4, 0.5) is 0 Å². The van der Waals surface area contributed by atoms with Crippen molar-refractivity contribution in [1.82, 2.24) is 5.32 Å². The Labute approximate surface area is 120 Å². The molecule has 0 spiro atoms. The summed E-state index contributed by atoms with van der Waals surface area (Å²) in [6.07, 6.45) is 0. The van der Waals surface area contributed by atoms with Gasteiger partial charge >= 0.3 is 0 Å². The summed E-state index contributed by atoms with van der Waals surface area (Å²) in [7, 11) is 1.68. The largest absolute Gasteiger partial charge is 0.497 e. The molecule has 0 aromatic heterocycles. The van der Waals surface area contributed by atoms with Gasteiger partial charge in [-0.3, -0.25) is 0 Å². The molecule has 2 aromatic rings. The molecule has 3 heteroatoms. The van der Waals surface area contributed by atoms with E-state index in [1.165, 1.54) is 11.1 Å². The molecule has 0 saturated heterocycles. The maximum Gasteiger partial charge on any atom is 0.119 e. The molecule has 1 N–H and O–H groups in total. The van der Waals surface area contributed by atoms with Gasteiger partial charge in [-0.2, -0.15) is 0 Å². The first-order valence-corrected chi connectivity index (χ1v) is 6.81. The van der Waals surface area contributed by atoms with Crippen molar-refractivity contribution in [2.75, 3.05) is 20.3 Å². The van der Waals surface area contributed by atoms with E-state index in [1.54, 1.807) is 7.11 Å². The van der Waals surface area contributed by atoms with Crippen LogP contribution in [0.25, 0.3) is 0 Å². The van der Waals surface area contributed by atoms with Gasteiger partial charge in [0.25, 0.3) is 0 Å². The Kier molecular flexibility index (Phi) is 5.44. The number of nitrogens with one attached hydrogen (secondary N) is 1. The first-order valence-electron chi connectivity index (χ1n) is 6.81. The molecule has 20 heavy (non-hydrogen) atoms. The van der Waals surface area contributed by atoms with Crippen molar-refractivity contribution >= 4 is 0 Å². The zero-order valence-corrected chi connectivity index (χ0v) is 12.1. The Morgan fingerprint density at radius 3 is 2.50 bits per heavy atom. The first kappa shape index (κ1) is 14.4. The van der Waals surface area contributed by atoms with E-state index in [1.807, 2.05) is 30.3 Å². The predicted molar refractivity (Wildman–Crippen MR) is 81.4 cm³/mol. The second-order valence-corrected chi connectivity index (χ2v) is 4.69. The van der Waals surface area contributed by atoms with Crippen LogP contribution < -0.4 is 14.8 Å². The van der Waals surface area contributed by atoms with Crippen LogP contribution in [0.3, 0.4) is 0 Å². The van der Waals surface area contributed by atoms with E-state index in [4.69, 9.17) is 9.47 Å². The molecular weight excluding hydrogens is 250 g/mol. The smallest absolute Gasteiger partial charge is 0.119 e. The van der Waals surface area contributed by atoms with Gasteiger partial charge in [-0.15, -0.1) is 0 Å². The molecule has 106 valence electrons. The second kappa shape index (κ2) is 7.56. The molecule has 0 unspecified atom stereocenters. The van der Waals surface area contributed by atoms with Crippen LogP contribution >= 0.6 is 0 Å². The molecule has 0 heterocycles. The third kappa shape index (κ3) is 4.59. The molecule has 0 amide bonds. The van der Waals surface area contributed by atoms with Gasteiger partial charge in [0.15, 0.2) is 0 Å². The predicted octanol–water partition coefficient (Wildman–Crippen LogP) is 3.17. The van der Waals surface area contributed by atoms with Gasteiger partial charge in [-0.25, -0.2) is 0 Å². The molecule has 2 rings (SSSR count). The first-order chi connectivity index (χ1) is 9.78. The Morgan fingerprint density at radius 1 is 1.00 bits per heavy atom. The summed E-state index contributed by atoms with van der Waals surface area (Å²) >= 11 is 0. The molecule has 0 atom stereocenters. The fourth-order valence-electron chi connectivity index (χ4n) is 1.92. The van der Waals surface area contributed by atoms with Crippen LogP contribution in [0.2, 0.25) is 0 Å². The molecule has 0 radical (unpaired) electrons. The number of methoxy groups -OCH3 is 1. The average Bonchev–Trinajstić information content (AvgIpc) is 2.48. The van der Waals surface area contributed by atoms with E-state index < -0.39 is 0 Å². The van der Waals surface area contributed by atoms with Crippen molar-refractivity contribution in [3.63, 3.8) is 0 Å². The van der Waals surface area contributed by atoms with Crippen LogP contribution in [0, 0.1) is 6.92 Å². The van der Waals surface area contributed by atoms with Crippen molar-refractivity contribution in [2.45, 2.75) is 13.5 Å². The SMILES string of the molecule is COc1ccc(CNCCOc2cccc(C)c2)cc1. The molecule has 0 aliphatic carbocycles. The van der Waals surface area contributed by atoms with Gasteiger partial charge in [0.1, 0.15) is 18.1 Å². The quantitative estimate of drug-likeness (QED) is 0.785. The van der Waals surface area contributed by atoms with E-state index in [-0.39, 0.29) is 0 Å². The molecule has 3 nitrogen and oxygen atoms in total. The van der Waals surface area contributed by atoms with Gasteiger partial charge < -0.3 is 14.8 Å². The number of benzene rings is 2. The van der Waals surface area contributed by atoms with Crippen molar-refractivity contribution < 1.29 is 9.47 Å². The van der Waals surface area contributed by atoms with Crippen LogP contribution in [-0.4, -0.2) is 20.3 Å². The van der Waals surface area contributed by atoms with E-state index >= 15 is 0 Å². The Balaban J connectivity index is 1.66. The summed E-state index contributed by atoms with van der Waals surface area (Å²) in [6, 6.07) is 16.2. The lowest BCUT2D eigenvalue weighted by Crippen LogP contribution is -2.20. The van der Waals surface area contributed by atoms with Gasteiger partial charge in [0, 0.05) is 13.1 Å².